The molecule has 0 spiro atoms. The summed E-state index contributed by atoms with van der Waals surface area (Å²) in [4.78, 5) is 25.6. The summed E-state index contributed by atoms with van der Waals surface area (Å²) >= 11 is 5.94. The number of guanidine groups is 1. The van der Waals surface area contributed by atoms with Crippen molar-refractivity contribution in [2.75, 3.05) is 26.2 Å². The van der Waals surface area contributed by atoms with Crippen LogP contribution in [0.5, 0.6) is 0 Å². The van der Waals surface area contributed by atoms with Crippen molar-refractivity contribution in [2.45, 2.75) is 46.2 Å². The summed E-state index contributed by atoms with van der Waals surface area (Å²) in [5, 5.41) is 7.96. The molecule has 1 N–H and O–H groups in total. The van der Waals surface area contributed by atoms with Gasteiger partial charge in [-0.1, -0.05) is 49.7 Å². The van der Waals surface area contributed by atoms with Crippen molar-refractivity contribution in [3.63, 3.8) is 0 Å². The quantitative estimate of drug-likeness (QED) is 0.343. The Hall–Kier alpha value is -1.88. The Labute approximate surface area is 205 Å². The minimum absolute atomic E-state index is 0. The lowest BCUT2D eigenvalue weighted by Gasteiger charge is -2.36. The van der Waals surface area contributed by atoms with Gasteiger partial charge in [0, 0.05) is 36.6 Å². The van der Waals surface area contributed by atoms with Gasteiger partial charge in [-0.2, -0.15) is 4.98 Å². The molecule has 1 fully saturated rings. The van der Waals surface area contributed by atoms with Gasteiger partial charge in [-0.05, 0) is 24.6 Å². The van der Waals surface area contributed by atoms with E-state index in [1.807, 2.05) is 61.8 Å². The van der Waals surface area contributed by atoms with Gasteiger partial charge in [0.25, 0.3) is 0 Å². The molecule has 0 bridgehead atoms. The summed E-state index contributed by atoms with van der Waals surface area (Å²) in [6.07, 6.45) is 0. The van der Waals surface area contributed by atoms with Crippen LogP contribution in [0.1, 0.15) is 45.0 Å². The van der Waals surface area contributed by atoms with E-state index in [0.29, 0.717) is 55.4 Å². The van der Waals surface area contributed by atoms with Crippen molar-refractivity contribution in [1.29, 1.82) is 0 Å². The Morgan fingerprint density at radius 2 is 1.97 bits per heavy atom. The lowest BCUT2D eigenvalue weighted by Crippen LogP contribution is -2.54. The number of aromatic nitrogens is 2. The van der Waals surface area contributed by atoms with Crippen LogP contribution in [0.4, 0.5) is 0 Å². The molecule has 170 valence electrons. The molecule has 1 aromatic carbocycles. The Kier molecular flexibility index (Phi) is 9.11. The summed E-state index contributed by atoms with van der Waals surface area (Å²) in [7, 11) is 0. The van der Waals surface area contributed by atoms with Crippen LogP contribution in [0.15, 0.2) is 33.8 Å². The third-order valence-electron chi connectivity index (χ3n) is 4.72. The molecule has 2 aromatic rings. The Morgan fingerprint density at radius 1 is 1.26 bits per heavy atom. The molecule has 8 nitrogen and oxygen atoms in total. The molecular weight excluding hydrogens is 531 g/mol. The van der Waals surface area contributed by atoms with E-state index in [1.54, 1.807) is 0 Å². The predicted molar refractivity (Wildman–Crippen MR) is 132 cm³/mol. The maximum absolute atomic E-state index is 12.7. The predicted octanol–water partition coefficient (Wildman–Crippen LogP) is 3.45. The minimum Gasteiger partial charge on any atom is -0.356 e. The molecule has 1 aliphatic heterocycles. The highest BCUT2D eigenvalue weighted by Gasteiger charge is 2.26. The number of nitrogens with zero attached hydrogens (tertiary/aromatic N) is 5. The first kappa shape index (κ1) is 25.4. The number of aliphatic imine (C=N–C) groups is 1. The number of carbonyl (C=O) groups is 1. The molecule has 2 heterocycles. The summed E-state index contributed by atoms with van der Waals surface area (Å²) in [6.45, 7) is 11.2. The van der Waals surface area contributed by atoms with E-state index in [2.05, 4.69) is 20.4 Å². The lowest BCUT2D eigenvalue weighted by atomic mass is 9.97. The second kappa shape index (κ2) is 11.1. The van der Waals surface area contributed by atoms with Gasteiger partial charge in [0.2, 0.25) is 11.8 Å². The standard InChI is InChI=1S/C21H29ClN6O2.HI/c1-5-23-20(24-12-17-25-19(30-26-17)21(2,3)4)28-11-10-27(18(29)14-28)13-15-6-8-16(22)9-7-15;/h6-9H,5,10-14H2,1-4H3,(H,23,24);1H. The maximum Gasteiger partial charge on any atom is 0.242 e. The second-order valence-corrected chi connectivity index (χ2v) is 8.74. The van der Waals surface area contributed by atoms with Crippen LogP contribution in [0.25, 0.3) is 0 Å². The number of nitrogens with one attached hydrogen (secondary N) is 1. The third-order valence-corrected chi connectivity index (χ3v) is 4.97. The first-order chi connectivity index (χ1) is 14.3. The fourth-order valence-corrected chi connectivity index (χ4v) is 3.19. The van der Waals surface area contributed by atoms with E-state index >= 15 is 0 Å². The molecule has 1 aromatic heterocycles. The SMILES string of the molecule is CCNC(=NCc1noc(C(C)(C)C)n1)N1CCN(Cc2ccc(Cl)cc2)C(=O)C1.I. The van der Waals surface area contributed by atoms with E-state index in [-0.39, 0.29) is 41.8 Å². The molecule has 31 heavy (non-hydrogen) atoms. The Morgan fingerprint density at radius 3 is 2.55 bits per heavy atom. The van der Waals surface area contributed by atoms with Gasteiger partial charge in [-0.25, -0.2) is 4.99 Å². The van der Waals surface area contributed by atoms with E-state index in [4.69, 9.17) is 16.1 Å². The van der Waals surface area contributed by atoms with Crippen LogP contribution in [0.3, 0.4) is 0 Å². The Bertz CT molecular complexity index is 894. The van der Waals surface area contributed by atoms with Crippen molar-refractivity contribution >= 4 is 47.4 Å². The molecule has 3 rings (SSSR count). The van der Waals surface area contributed by atoms with Crippen molar-refractivity contribution < 1.29 is 9.32 Å². The van der Waals surface area contributed by atoms with Crippen LogP contribution < -0.4 is 5.32 Å². The summed E-state index contributed by atoms with van der Waals surface area (Å²) in [5.74, 6) is 1.86. The molecule has 1 amide bonds. The minimum atomic E-state index is -0.202. The van der Waals surface area contributed by atoms with Crippen LogP contribution in [-0.2, 0) is 23.3 Å². The molecule has 10 heteroatoms. The van der Waals surface area contributed by atoms with Crippen molar-refractivity contribution in [1.82, 2.24) is 25.3 Å². The monoisotopic (exact) mass is 560 g/mol. The molecular formula is C21H30ClIN6O2. The summed E-state index contributed by atoms with van der Waals surface area (Å²) in [5.41, 5.74) is 0.861. The van der Waals surface area contributed by atoms with Crippen molar-refractivity contribution in [3.05, 3.63) is 46.6 Å². The van der Waals surface area contributed by atoms with E-state index in [1.165, 1.54) is 0 Å². The molecule has 1 aliphatic rings. The molecule has 0 unspecified atom stereocenters. The fourth-order valence-electron chi connectivity index (χ4n) is 3.06. The normalized spacial score (nSPS) is 15.1. The molecule has 0 aliphatic carbocycles. The number of amides is 1. The van der Waals surface area contributed by atoms with Crippen LogP contribution in [0.2, 0.25) is 5.02 Å². The highest BCUT2D eigenvalue weighted by atomic mass is 127. The average Bonchev–Trinajstić information content (AvgIpc) is 3.18. The van der Waals surface area contributed by atoms with Gasteiger partial charge in [-0.15, -0.1) is 24.0 Å². The van der Waals surface area contributed by atoms with Gasteiger partial charge in [0.05, 0.1) is 6.54 Å². The zero-order valence-corrected chi connectivity index (χ0v) is 21.5. The van der Waals surface area contributed by atoms with E-state index in [0.717, 1.165) is 5.56 Å². The number of rotatable bonds is 5. The summed E-state index contributed by atoms with van der Waals surface area (Å²) in [6, 6.07) is 7.58. The molecule has 0 atom stereocenters. The second-order valence-electron chi connectivity index (χ2n) is 8.30. The first-order valence-electron chi connectivity index (χ1n) is 10.1. The number of carbonyl (C=O) groups excluding carboxylic acids is 1. The summed E-state index contributed by atoms with van der Waals surface area (Å²) < 4.78 is 5.33. The van der Waals surface area contributed by atoms with Crippen molar-refractivity contribution in [3.8, 4) is 0 Å². The maximum atomic E-state index is 12.7. The van der Waals surface area contributed by atoms with E-state index < -0.39 is 0 Å². The van der Waals surface area contributed by atoms with Gasteiger partial charge >= 0.3 is 0 Å². The third kappa shape index (κ3) is 7.06. The number of halogens is 2. The molecule has 1 saturated heterocycles. The number of hydrogen-bond donors (Lipinski definition) is 1. The van der Waals surface area contributed by atoms with Gasteiger partial charge in [0.1, 0.15) is 6.54 Å². The average molecular weight is 561 g/mol. The molecule has 0 radical (unpaired) electrons. The highest BCUT2D eigenvalue weighted by molar-refractivity contribution is 14.0. The van der Waals surface area contributed by atoms with Crippen LogP contribution in [0, 0.1) is 0 Å². The topological polar surface area (TPSA) is 86.9 Å². The van der Waals surface area contributed by atoms with Crippen LogP contribution in [-0.4, -0.2) is 58.0 Å². The van der Waals surface area contributed by atoms with Crippen molar-refractivity contribution in [2.24, 2.45) is 4.99 Å². The lowest BCUT2D eigenvalue weighted by molar-refractivity contribution is -0.135. The molecule has 0 saturated carbocycles. The van der Waals surface area contributed by atoms with Gasteiger partial charge in [0.15, 0.2) is 11.8 Å². The highest BCUT2D eigenvalue weighted by Crippen LogP contribution is 2.20. The Balaban J connectivity index is 0.00000341. The first-order valence-corrected chi connectivity index (χ1v) is 10.5. The smallest absolute Gasteiger partial charge is 0.242 e. The van der Waals surface area contributed by atoms with Gasteiger partial charge in [-0.3, -0.25) is 4.79 Å². The fraction of sp³-hybridized carbons (Fsp3) is 0.524. The number of benzene rings is 1. The zero-order valence-electron chi connectivity index (χ0n) is 18.4. The van der Waals surface area contributed by atoms with Crippen LogP contribution >= 0.6 is 35.6 Å². The number of piperazine rings is 1. The zero-order chi connectivity index (χ0) is 21.7. The van der Waals surface area contributed by atoms with E-state index in [9.17, 15) is 4.79 Å². The largest absolute Gasteiger partial charge is 0.356 e. The number of hydrogen-bond acceptors (Lipinski definition) is 5. The van der Waals surface area contributed by atoms with Gasteiger partial charge < -0.3 is 19.6 Å².